The molecule has 1 saturated heterocycles. The minimum atomic E-state index is 0.511. The fourth-order valence-electron chi connectivity index (χ4n) is 1.96. The molecule has 1 aromatic carbocycles. The van der Waals surface area contributed by atoms with Gasteiger partial charge in [0.05, 0.1) is 13.2 Å². The van der Waals surface area contributed by atoms with Crippen molar-refractivity contribution in [1.29, 1.82) is 0 Å². The summed E-state index contributed by atoms with van der Waals surface area (Å²) in [6.07, 6.45) is 1.87. The van der Waals surface area contributed by atoms with Crippen LogP contribution >= 0.6 is 11.6 Å². The summed E-state index contributed by atoms with van der Waals surface area (Å²) in [6.45, 7) is 2.96. The van der Waals surface area contributed by atoms with Gasteiger partial charge in [-0.15, -0.1) is 0 Å². The third kappa shape index (κ3) is 3.60. The summed E-state index contributed by atoms with van der Waals surface area (Å²) in [4.78, 5) is 0. The van der Waals surface area contributed by atoms with E-state index >= 15 is 0 Å². The van der Waals surface area contributed by atoms with E-state index in [9.17, 15) is 0 Å². The highest BCUT2D eigenvalue weighted by Crippen LogP contribution is 2.24. The van der Waals surface area contributed by atoms with Gasteiger partial charge in [0.25, 0.3) is 0 Å². The van der Waals surface area contributed by atoms with E-state index in [2.05, 4.69) is 0 Å². The van der Waals surface area contributed by atoms with Gasteiger partial charge in [0.1, 0.15) is 5.75 Å². The highest BCUT2D eigenvalue weighted by atomic mass is 35.5. The number of ether oxygens (including phenoxy) is 2. The van der Waals surface area contributed by atoms with Gasteiger partial charge in [-0.25, -0.2) is 0 Å². The van der Waals surface area contributed by atoms with Crippen LogP contribution in [0.25, 0.3) is 0 Å². The molecule has 1 unspecified atom stereocenters. The van der Waals surface area contributed by atoms with Crippen LogP contribution in [0.4, 0.5) is 0 Å². The minimum absolute atomic E-state index is 0.511. The average molecular weight is 256 g/mol. The molecule has 1 fully saturated rings. The van der Waals surface area contributed by atoms with Crippen LogP contribution in [0.5, 0.6) is 5.75 Å². The van der Waals surface area contributed by atoms with E-state index in [1.54, 1.807) is 0 Å². The Balaban J connectivity index is 1.98. The molecular formula is C13H18ClNO2. The van der Waals surface area contributed by atoms with Crippen LogP contribution in [-0.4, -0.2) is 26.4 Å². The normalized spacial score (nSPS) is 19.5. The second kappa shape index (κ2) is 6.24. The van der Waals surface area contributed by atoms with E-state index in [4.69, 9.17) is 26.8 Å². The minimum Gasteiger partial charge on any atom is -0.493 e. The zero-order valence-corrected chi connectivity index (χ0v) is 10.6. The fraction of sp³-hybridized carbons (Fsp3) is 0.538. The van der Waals surface area contributed by atoms with Crippen LogP contribution in [0.2, 0.25) is 5.02 Å². The van der Waals surface area contributed by atoms with Crippen molar-refractivity contribution in [2.75, 3.05) is 26.4 Å². The Labute approximate surface area is 107 Å². The Morgan fingerprint density at radius 2 is 2.35 bits per heavy atom. The first-order valence-electron chi connectivity index (χ1n) is 5.98. The van der Waals surface area contributed by atoms with Crippen molar-refractivity contribution < 1.29 is 9.47 Å². The lowest BCUT2D eigenvalue weighted by Crippen LogP contribution is -2.13. The molecule has 0 bridgehead atoms. The Morgan fingerprint density at radius 1 is 1.47 bits per heavy atom. The predicted molar refractivity (Wildman–Crippen MR) is 68.6 cm³/mol. The molecule has 0 radical (unpaired) electrons. The molecule has 1 heterocycles. The molecule has 4 heteroatoms. The topological polar surface area (TPSA) is 44.5 Å². The van der Waals surface area contributed by atoms with Gasteiger partial charge in [-0.3, -0.25) is 0 Å². The first-order chi connectivity index (χ1) is 8.29. The summed E-state index contributed by atoms with van der Waals surface area (Å²) in [5, 5.41) is 0.727. The molecule has 1 aliphatic rings. The van der Waals surface area contributed by atoms with Gasteiger partial charge < -0.3 is 15.2 Å². The predicted octanol–water partition coefficient (Wildman–Crippen LogP) is 2.26. The van der Waals surface area contributed by atoms with Gasteiger partial charge in [-0.2, -0.15) is 0 Å². The van der Waals surface area contributed by atoms with Crippen LogP contribution in [0.15, 0.2) is 18.2 Å². The van der Waals surface area contributed by atoms with E-state index in [0.29, 0.717) is 19.1 Å². The number of benzene rings is 1. The molecule has 94 valence electrons. The maximum absolute atomic E-state index is 5.96. The Hall–Kier alpha value is -0.770. The Bertz CT molecular complexity index is 364. The molecule has 1 aliphatic heterocycles. The third-order valence-corrected chi connectivity index (χ3v) is 3.17. The monoisotopic (exact) mass is 255 g/mol. The highest BCUT2D eigenvalue weighted by Gasteiger charge is 2.16. The molecule has 2 N–H and O–H groups in total. The van der Waals surface area contributed by atoms with Gasteiger partial charge >= 0.3 is 0 Å². The summed E-state index contributed by atoms with van der Waals surface area (Å²) >= 11 is 5.96. The lowest BCUT2D eigenvalue weighted by Gasteiger charge is -2.14. The molecular weight excluding hydrogens is 238 g/mol. The zero-order valence-electron chi connectivity index (χ0n) is 9.82. The van der Waals surface area contributed by atoms with Crippen LogP contribution in [-0.2, 0) is 11.2 Å². The second-order valence-corrected chi connectivity index (χ2v) is 4.77. The van der Waals surface area contributed by atoms with Crippen molar-refractivity contribution in [2.45, 2.75) is 12.8 Å². The van der Waals surface area contributed by atoms with Crippen molar-refractivity contribution in [1.82, 2.24) is 0 Å². The molecule has 0 aliphatic carbocycles. The molecule has 0 saturated carbocycles. The van der Waals surface area contributed by atoms with Crippen molar-refractivity contribution in [2.24, 2.45) is 11.7 Å². The standard InChI is InChI=1S/C13H18ClNO2/c14-12-1-2-13(11(7-12)3-5-15)17-9-10-4-6-16-8-10/h1-2,7,10H,3-6,8-9,15H2. The number of hydrogen-bond donors (Lipinski definition) is 1. The van der Waals surface area contributed by atoms with Crippen LogP contribution < -0.4 is 10.5 Å². The van der Waals surface area contributed by atoms with Crippen molar-refractivity contribution in [3.05, 3.63) is 28.8 Å². The summed E-state index contributed by atoms with van der Waals surface area (Å²) in [5.41, 5.74) is 6.66. The maximum Gasteiger partial charge on any atom is 0.122 e. The van der Waals surface area contributed by atoms with Gasteiger partial charge in [0.15, 0.2) is 0 Å². The Morgan fingerprint density at radius 3 is 3.06 bits per heavy atom. The largest absolute Gasteiger partial charge is 0.493 e. The van der Waals surface area contributed by atoms with E-state index in [-0.39, 0.29) is 0 Å². The first kappa shape index (κ1) is 12.7. The first-order valence-corrected chi connectivity index (χ1v) is 6.36. The molecule has 1 aromatic rings. The smallest absolute Gasteiger partial charge is 0.122 e. The molecule has 0 aromatic heterocycles. The highest BCUT2D eigenvalue weighted by molar-refractivity contribution is 6.30. The molecule has 3 nitrogen and oxygen atoms in total. The Kier molecular flexibility index (Phi) is 4.66. The molecule has 17 heavy (non-hydrogen) atoms. The van der Waals surface area contributed by atoms with Gasteiger partial charge in [0, 0.05) is 17.5 Å². The average Bonchev–Trinajstić information content (AvgIpc) is 2.81. The molecule has 2 rings (SSSR count). The van der Waals surface area contributed by atoms with E-state index in [1.165, 1.54) is 0 Å². The SMILES string of the molecule is NCCc1cc(Cl)ccc1OCC1CCOC1. The van der Waals surface area contributed by atoms with Crippen molar-refractivity contribution in [3.8, 4) is 5.75 Å². The van der Waals surface area contributed by atoms with E-state index < -0.39 is 0 Å². The van der Waals surface area contributed by atoms with Crippen molar-refractivity contribution >= 4 is 11.6 Å². The summed E-state index contributed by atoms with van der Waals surface area (Å²) < 4.78 is 11.2. The van der Waals surface area contributed by atoms with Gasteiger partial charge in [0.2, 0.25) is 0 Å². The van der Waals surface area contributed by atoms with E-state index in [0.717, 1.165) is 42.4 Å². The lowest BCUT2D eigenvalue weighted by atomic mass is 10.1. The molecule has 0 amide bonds. The summed E-state index contributed by atoms with van der Waals surface area (Å²) in [6, 6.07) is 5.69. The quantitative estimate of drug-likeness (QED) is 0.878. The number of hydrogen-bond acceptors (Lipinski definition) is 3. The lowest BCUT2D eigenvalue weighted by molar-refractivity contribution is 0.167. The third-order valence-electron chi connectivity index (χ3n) is 2.93. The fourth-order valence-corrected chi connectivity index (χ4v) is 2.16. The number of nitrogens with two attached hydrogens (primary N) is 1. The summed E-state index contributed by atoms with van der Waals surface area (Å²) in [5.74, 6) is 1.41. The van der Waals surface area contributed by atoms with Crippen LogP contribution in [0.1, 0.15) is 12.0 Å². The maximum atomic E-state index is 5.96. The van der Waals surface area contributed by atoms with Gasteiger partial charge in [-0.1, -0.05) is 11.6 Å². The van der Waals surface area contributed by atoms with Crippen LogP contribution in [0, 0.1) is 5.92 Å². The molecule has 1 atom stereocenters. The zero-order chi connectivity index (χ0) is 12.1. The van der Waals surface area contributed by atoms with Crippen molar-refractivity contribution in [3.63, 3.8) is 0 Å². The van der Waals surface area contributed by atoms with Crippen LogP contribution in [0.3, 0.4) is 0 Å². The number of halogens is 1. The summed E-state index contributed by atoms with van der Waals surface area (Å²) in [7, 11) is 0. The number of rotatable bonds is 5. The van der Waals surface area contributed by atoms with E-state index in [1.807, 2.05) is 18.2 Å². The van der Waals surface area contributed by atoms with Gasteiger partial charge in [-0.05, 0) is 43.1 Å². The molecule has 0 spiro atoms. The second-order valence-electron chi connectivity index (χ2n) is 4.33.